The van der Waals surface area contributed by atoms with E-state index in [0.29, 0.717) is 17.2 Å². The Balaban J connectivity index is 2.38. The topological polar surface area (TPSA) is 74.6 Å². The quantitative estimate of drug-likeness (QED) is 0.661. The van der Waals surface area contributed by atoms with Gasteiger partial charge in [-0.1, -0.05) is 23.2 Å². The van der Waals surface area contributed by atoms with E-state index in [1.54, 1.807) is 10.8 Å². The van der Waals surface area contributed by atoms with Crippen LogP contribution in [0.2, 0.25) is 0 Å². The maximum absolute atomic E-state index is 12.8. The number of amides is 1. The van der Waals surface area contributed by atoms with Gasteiger partial charge in [0.1, 0.15) is 6.17 Å². The Bertz CT molecular complexity index is 728. The van der Waals surface area contributed by atoms with Crippen molar-refractivity contribution < 1.29 is 19.0 Å². The van der Waals surface area contributed by atoms with Crippen molar-refractivity contribution >= 4 is 40.7 Å². The average Bonchev–Trinajstić information content (AvgIpc) is 3.18. The van der Waals surface area contributed by atoms with Crippen LogP contribution < -0.4 is 19.5 Å². The number of aromatic nitrogens is 2. The van der Waals surface area contributed by atoms with Crippen LogP contribution in [0.4, 0.5) is 0 Å². The summed E-state index contributed by atoms with van der Waals surface area (Å²) in [6.07, 6.45) is 3.78. The van der Waals surface area contributed by atoms with Crippen LogP contribution in [0.15, 0.2) is 30.9 Å². The van der Waals surface area contributed by atoms with E-state index in [1.807, 2.05) is 0 Å². The molecule has 1 aromatic heterocycles. The highest BCUT2D eigenvalue weighted by Crippen LogP contribution is 2.39. The summed E-state index contributed by atoms with van der Waals surface area (Å²) in [5.74, 6) is 0.489. The molecule has 0 radical (unpaired) electrons. The Kier molecular flexibility index (Phi) is 6.86. The van der Waals surface area contributed by atoms with Crippen LogP contribution in [0.5, 0.6) is 17.2 Å². The summed E-state index contributed by atoms with van der Waals surface area (Å²) in [7, 11) is 4.40. The predicted octanol–water partition coefficient (Wildman–Crippen LogP) is 3.25. The first-order valence-corrected chi connectivity index (χ1v) is 8.69. The lowest BCUT2D eigenvalue weighted by molar-refractivity contribution is 0.0914. The minimum atomic E-state index is -1.46. The molecule has 2 aromatic rings. The molecule has 0 bridgehead atoms. The van der Waals surface area contributed by atoms with E-state index < -0.39 is 16.4 Å². The number of halogens is 3. The first-order chi connectivity index (χ1) is 12.4. The first kappa shape index (κ1) is 20.5. The van der Waals surface area contributed by atoms with Gasteiger partial charge in [-0.3, -0.25) is 4.79 Å². The van der Waals surface area contributed by atoms with E-state index in [-0.39, 0.29) is 11.4 Å². The van der Waals surface area contributed by atoms with E-state index in [4.69, 9.17) is 49.0 Å². The zero-order valence-corrected chi connectivity index (χ0v) is 16.6. The van der Waals surface area contributed by atoms with Crippen LogP contribution >= 0.6 is 34.8 Å². The SMILES string of the molecule is COc1cc(C(=O)NC(n2ccnc2)C(Cl)(Cl)CCl)cc(OC)c1OC. The maximum Gasteiger partial charge on any atom is 0.253 e. The molecule has 0 saturated carbocycles. The van der Waals surface area contributed by atoms with Gasteiger partial charge in [-0.15, -0.1) is 11.6 Å². The van der Waals surface area contributed by atoms with Crippen molar-refractivity contribution in [2.45, 2.75) is 10.5 Å². The van der Waals surface area contributed by atoms with Crippen molar-refractivity contribution in [2.24, 2.45) is 0 Å². The third-order valence-electron chi connectivity index (χ3n) is 3.60. The molecule has 1 atom stereocenters. The molecule has 0 aliphatic carbocycles. The molecule has 0 fully saturated rings. The standard InChI is InChI=1S/C16H18Cl3N3O4/c1-24-11-6-10(7-12(25-2)13(11)26-3)14(23)21-15(16(18,19)8-17)22-5-4-20-9-22/h4-7,9,15H,8H2,1-3H3,(H,21,23). The van der Waals surface area contributed by atoms with E-state index >= 15 is 0 Å². The molecule has 2 rings (SSSR count). The molecule has 26 heavy (non-hydrogen) atoms. The number of alkyl halides is 3. The first-order valence-electron chi connectivity index (χ1n) is 7.40. The summed E-state index contributed by atoms with van der Waals surface area (Å²) in [5, 5.41) is 2.75. The van der Waals surface area contributed by atoms with Gasteiger partial charge in [-0.2, -0.15) is 0 Å². The van der Waals surface area contributed by atoms with Gasteiger partial charge in [0.25, 0.3) is 5.91 Å². The zero-order valence-electron chi connectivity index (χ0n) is 14.3. The lowest BCUT2D eigenvalue weighted by Crippen LogP contribution is -2.43. The summed E-state index contributed by atoms with van der Waals surface area (Å²) in [6, 6.07) is 3.04. The van der Waals surface area contributed by atoms with E-state index in [0.717, 1.165) is 0 Å². The van der Waals surface area contributed by atoms with E-state index in [2.05, 4.69) is 10.3 Å². The average molecular weight is 423 g/mol. The molecule has 1 unspecified atom stereocenters. The molecule has 10 heteroatoms. The van der Waals surface area contributed by atoms with Crippen LogP contribution in [0.25, 0.3) is 0 Å². The molecule has 1 amide bonds. The number of benzene rings is 1. The van der Waals surface area contributed by atoms with E-state index in [9.17, 15) is 4.79 Å². The lowest BCUT2D eigenvalue weighted by Gasteiger charge is -2.30. The van der Waals surface area contributed by atoms with Gasteiger partial charge in [0.2, 0.25) is 5.75 Å². The Hall–Kier alpha value is -1.83. The number of rotatable bonds is 8. The third kappa shape index (κ3) is 4.28. The minimum Gasteiger partial charge on any atom is -0.493 e. The van der Waals surface area contributed by atoms with Crippen LogP contribution in [0, 0.1) is 0 Å². The van der Waals surface area contributed by atoms with E-state index in [1.165, 1.54) is 46.0 Å². The number of hydrogen-bond acceptors (Lipinski definition) is 5. The summed E-state index contributed by atoms with van der Waals surface area (Å²) in [4.78, 5) is 16.7. The van der Waals surface area contributed by atoms with Crippen molar-refractivity contribution in [3.05, 3.63) is 36.4 Å². The number of carbonyl (C=O) groups is 1. The second-order valence-electron chi connectivity index (χ2n) is 5.19. The fraction of sp³-hybridized carbons (Fsp3) is 0.375. The van der Waals surface area contributed by atoms with Crippen molar-refractivity contribution in [2.75, 3.05) is 27.2 Å². The number of methoxy groups -OCH3 is 3. The fourth-order valence-electron chi connectivity index (χ4n) is 2.31. The number of nitrogens with zero attached hydrogens (tertiary/aromatic N) is 2. The molecule has 1 N–H and O–H groups in total. The molecule has 142 valence electrons. The highest BCUT2D eigenvalue weighted by Gasteiger charge is 2.37. The Morgan fingerprint density at radius 2 is 1.85 bits per heavy atom. The third-order valence-corrected chi connectivity index (χ3v) is 4.97. The summed E-state index contributed by atoms with van der Waals surface area (Å²) < 4.78 is 15.9. The second kappa shape index (κ2) is 8.70. The molecule has 0 saturated heterocycles. The molecule has 0 spiro atoms. The van der Waals surface area contributed by atoms with Crippen LogP contribution in [0.3, 0.4) is 0 Å². The Morgan fingerprint density at radius 3 is 2.27 bits per heavy atom. The molecule has 7 nitrogen and oxygen atoms in total. The number of nitrogens with one attached hydrogen (secondary N) is 1. The molecule has 1 heterocycles. The van der Waals surface area contributed by atoms with Gasteiger partial charge >= 0.3 is 0 Å². The molecule has 0 aliphatic heterocycles. The van der Waals surface area contributed by atoms with Gasteiger partial charge in [0, 0.05) is 18.0 Å². The summed E-state index contributed by atoms with van der Waals surface area (Å²) in [6.45, 7) is 0. The molecule has 0 aliphatic rings. The summed E-state index contributed by atoms with van der Waals surface area (Å²) >= 11 is 18.4. The number of hydrogen-bond donors (Lipinski definition) is 1. The number of imidazole rings is 1. The van der Waals surface area contributed by atoms with Crippen molar-refractivity contribution in [1.29, 1.82) is 0 Å². The molecular formula is C16H18Cl3N3O4. The number of carbonyl (C=O) groups excluding carboxylic acids is 1. The van der Waals surface area contributed by atoms with Crippen LogP contribution in [0.1, 0.15) is 16.5 Å². The zero-order chi connectivity index (χ0) is 19.3. The highest BCUT2D eigenvalue weighted by molar-refractivity contribution is 6.51. The van der Waals surface area contributed by atoms with Gasteiger partial charge in [-0.25, -0.2) is 4.98 Å². The lowest BCUT2D eigenvalue weighted by atomic mass is 10.1. The summed E-state index contributed by atoms with van der Waals surface area (Å²) in [5.41, 5.74) is 0.267. The van der Waals surface area contributed by atoms with Crippen LogP contribution in [-0.4, -0.2) is 47.0 Å². The Morgan fingerprint density at radius 1 is 1.23 bits per heavy atom. The second-order valence-corrected chi connectivity index (χ2v) is 7.00. The van der Waals surface area contributed by atoms with Gasteiger partial charge in [0.05, 0.1) is 33.5 Å². The monoisotopic (exact) mass is 421 g/mol. The van der Waals surface area contributed by atoms with Gasteiger partial charge in [0.15, 0.2) is 15.8 Å². The van der Waals surface area contributed by atoms with Crippen LogP contribution in [-0.2, 0) is 0 Å². The Labute approximate surface area is 166 Å². The van der Waals surface area contributed by atoms with Crippen molar-refractivity contribution in [1.82, 2.24) is 14.9 Å². The number of ether oxygens (including phenoxy) is 3. The largest absolute Gasteiger partial charge is 0.493 e. The van der Waals surface area contributed by atoms with Gasteiger partial charge in [-0.05, 0) is 12.1 Å². The minimum absolute atomic E-state index is 0.117. The maximum atomic E-state index is 12.8. The smallest absolute Gasteiger partial charge is 0.253 e. The normalized spacial score (nSPS) is 12.4. The predicted molar refractivity (Wildman–Crippen MR) is 100.0 cm³/mol. The van der Waals surface area contributed by atoms with Crippen molar-refractivity contribution in [3.8, 4) is 17.2 Å². The van der Waals surface area contributed by atoms with Gasteiger partial charge < -0.3 is 24.1 Å². The highest BCUT2D eigenvalue weighted by atomic mass is 35.5. The fourth-order valence-corrected chi connectivity index (χ4v) is 2.79. The molecular weight excluding hydrogens is 405 g/mol. The molecule has 1 aromatic carbocycles. The van der Waals surface area contributed by atoms with Crippen molar-refractivity contribution in [3.63, 3.8) is 0 Å².